The molecule has 5 nitrogen and oxygen atoms in total. The van der Waals surface area contributed by atoms with Gasteiger partial charge in [-0.05, 0) is 6.92 Å². The maximum atomic E-state index is 10.6. The lowest BCUT2D eigenvalue weighted by Crippen LogP contribution is -2.07. The molecule has 2 aromatic heterocycles. The first-order valence-electron chi connectivity index (χ1n) is 5.84. The molecule has 0 aliphatic rings. The molecule has 0 fully saturated rings. The largest absolute Gasteiger partial charge is 0.481 e. The van der Waals surface area contributed by atoms with Crippen LogP contribution in [0.5, 0.6) is 0 Å². The van der Waals surface area contributed by atoms with Crippen LogP contribution in [-0.2, 0) is 11.3 Å². The van der Waals surface area contributed by atoms with Crippen LogP contribution in [0.3, 0.4) is 0 Å². The molecule has 0 amide bonds. The van der Waals surface area contributed by atoms with Gasteiger partial charge in [0, 0.05) is 30.2 Å². The van der Waals surface area contributed by atoms with E-state index in [0.717, 1.165) is 22.4 Å². The highest BCUT2D eigenvalue weighted by atomic mass is 32.2. The van der Waals surface area contributed by atoms with Gasteiger partial charge in [-0.1, -0.05) is 18.7 Å². The van der Waals surface area contributed by atoms with Gasteiger partial charge in [-0.2, -0.15) is 0 Å². The van der Waals surface area contributed by atoms with Crippen LogP contribution >= 0.6 is 23.1 Å². The number of hydrogen-bond donors (Lipinski definition) is 1. The van der Waals surface area contributed by atoms with E-state index in [4.69, 9.17) is 5.11 Å². The van der Waals surface area contributed by atoms with E-state index in [1.807, 2.05) is 23.1 Å². The lowest BCUT2D eigenvalue weighted by atomic mass is 10.2. The molecule has 2 aromatic rings. The van der Waals surface area contributed by atoms with E-state index >= 15 is 0 Å². The summed E-state index contributed by atoms with van der Waals surface area (Å²) < 4.78 is 2.01. The Morgan fingerprint density at radius 1 is 1.63 bits per heavy atom. The van der Waals surface area contributed by atoms with Gasteiger partial charge < -0.3 is 9.67 Å². The molecular formula is C12H15N3O2S2. The molecule has 0 radical (unpaired) electrons. The van der Waals surface area contributed by atoms with Gasteiger partial charge in [-0.3, -0.25) is 4.79 Å². The fourth-order valence-corrected chi connectivity index (χ4v) is 3.19. The van der Waals surface area contributed by atoms with Crippen molar-refractivity contribution in [1.29, 1.82) is 0 Å². The number of aryl methyl sites for hydroxylation is 1. The average molecular weight is 297 g/mol. The van der Waals surface area contributed by atoms with Gasteiger partial charge in [-0.25, -0.2) is 9.97 Å². The molecule has 1 atom stereocenters. The number of carboxylic acid groups (broad SMARTS) is 1. The van der Waals surface area contributed by atoms with E-state index in [0.29, 0.717) is 0 Å². The van der Waals surface area contributed by atoms with E-state index in [1.165, 1.54) is 11.8 Å². The van der Waals surface area contributed by atoms with Gasteiger partial charge in [0.15, 0.2) is 5.16 Å². The molecule has 102 valence electrons. The van der Waals surface area contributed by atoms with Gasteiger partial charge in [0.25, 0.3) is 0 Å². The fourth-order valence-electron chi connectivity index (χ4n) is 1.75. The lowest BCUT2D eigenvalue weighted by molar-refractivity contribution is -0.133. The number of carboxylic acids is 1. The van der Waals surface area contributed by atoms with E-state index < -0.39 is 5.97 Å². The zero-order chi connectivity index (χ0) is 13.8. The van der Waals surface area contributed by atoms with Crippen molar-refractivity contribution in [2.24, 2.45) is 0 Å². The fraction of sp³-hybridized carbons (Fsp3) is 0.417. The van der Waals surface area contributed by atoms with Crippen LogP contribution in [0.15, 0.2) is 22.9 Å². The molecule has 0 aliphatic heterocycles. The Balaban J connectivity index is 2.09. The Bertz CT molecular complexity index is 551. The summed E-state index contributed by atoms with van der Waals surface area (Å²) in [5.41, 5.74) is 0.902. The standard InChI is InChI=1S/C12H15N3O2S2/c1-8(11-13-3-4-18-11)5-15-6-9(2)14-12(15)19-7-10(16)17/h3-4,6,8H,5,7H2,1-2H3,(H,16,17). The highest BCUT2D eigenvalue weighted by molar-refractivity contribution is 7.99. The van der Waals surface area contributed by atoms with E-state index in [9.17, 15) is 4.79 Å². The molecule has 2 rings (SSSR count). The predicted molar refractivity (Wildman–Crippen MR) is 75.9 cm³/mol. The Kier molecular flexibility index (Phi) is 4.60. The van der Waals surface area contributed by atoms with Crippen LogP contribution in [0, 0.1) is 6.92 Å². The smallest absolute Gasteiger partial charge is 0.313 e. The van der Waals surface area contributed by atoms with Crippen molar-refractivity contribution in [3.8, 4) is 0 Å². The molecule has 2 heterocycles. The van der Waals surface area contributed by atoms with Crippen molar-refractivity contribution in [1.82, 2.24) is 14.5 Å². The second kappa shape index (κ2) is 6.21. The Morgan fingerprint density at radius 2 is 2.42 bits per heavy atom. The molecule has 0 spiro atoms. The molecule has 0 saturated carbocycles. The second-order valence-corrected chi connectivity index (χ2v) is 6.14. The molecule has 1 N–H and O–H groups in total. The minimum absolute atomic E-state index is 0.0298. The molecule has 0 aromatic carbocycles. The summed E-state index contributed by atoms with van der Waals surface area (Å²) in [5.74, 6) is -0.509. The van der Waals surface area contributed by atoms with Gasteiger partial charge >= 0.3 is 5.97 Å². The number of rotatable bonds is 6. The third-order valence-corrected chi connectivity index (χ3v) is 4.51. The number of imidazole rings is 1. The zero-order valence-electron chi connectivity index (χ0n) is 10.7. The molecular weight excluding hydrogens is 282 g/mol. The first-order valence-corrected chi connectivity index (χ1v) is 7.70. The molecule has 7 heteroatoms. The Hall–Kier alpha value is -1.34. The Morgan fingerprint density at radius 3 is 3.05 bits per heavy atom. The third kappa shape index (κ3) is 3.81. The average Bonchev–Trinajstić information content (AvgIpc) is 2.96. The van der Waals surface area contributed by atoms with Crippen LogP contribution in [0.4, 0.5) is 0 Å². The minimum atomic E-state index is -0.829. The van der Waals surface area contributed by atoms with Crippen molar-refractivity contribution < 1.29 is 9.90 Å². The summed E-state index contributed by atoms with van der Waals surface area (Å²) in [7, 11) is 0. The molecule has 19 heavy (non-hydrogen) atoms. The molecule has 0 aliphatic carbocycles. The Labute approximate surface area is 119 Å². The highest BCUT2D eigenvalue weighted by Crippen LogP contribution is 2.24. The summed E-state index contributed by atoms with van der Waals surface area (Å²) in [6.45, 7) is 4.78. The quantitative estimate of drug-likeness (QED) is 0.830. The van der Waals surface area contributed by atoms with Crippen molar-refractivity contribution >= 4 is 29.1 Å². The van der Waals surface area contributed by atoms with Crippen molar-refractivity contribution in [2.45, 2.75) is 31.5 Å². The molecule has 0 saturated heterocycles. The van der Waals surface area contributed by atoms with Gasteiger partial charge in [-0.15, -0.1) is 11.3 Å². The summed E-state index contributed by atoms with van der Waals surface area (Å²) in [6, 6.07) is 0. The van der Waals surface area contributed by atoms with Gasteiger partial charge in [0.05, 0.1) is 16.5 Å². The summed E-state index contributed by atoms with van der Waals surface area (Å²) in [5, 5.41) is 12.5. The van der Waals surface area contributed by atoms with E-state index in [1.54, 1.807) is 17.5 Å². The summed E-state index contributed by atoms with van der Waals surface area (Å²) >= 11 is 2.89. The first-order chi connectivity index (χ1) is 9.06. The number of aromatic nitrogens is 3. The maximum Gasteiger partial charge on any atom is 0.313 e. The number of carbonyl (C=O) groups is 1. The minimum Gasteiger partial charge on any atom is -0.481 e. The van der Waals surface area contributed by atoms with Crippen LogP contribution in [0.25, 0.3) is 0 Å². The van der Waals surface area contributed by atoms with Gasteiger partial charge in [0.1, 0.15) is 0 Å². The van der Waals surface area contributed by atoms with Crippen LogP contribution in [0.1, 0.15) is 23.5 Å². The van der Waals surface area contributed by atoms with Crippen LogP contribution in [0.2, 0.25) is 0 Å². The molecule has 0 bridgehead atoms. The van der Waals surface area contributed by atoms with Gasteiger partial charge in [0.2, 0.25) is 0 Å². The zero-order valence-corrected chi connectivity index (χ0v) is 12.4. The number of thioether (sulfide) groups is 1. The monoisotopic (exact) mass is 297 g/mol. The summed E-state index contributed by atoms with van der Waals surface area (Å²) in [6.07, 6.45) is 3.75. The number of hydrogen-bond acceptors (Lipinski definition) is 5. The topological polar surface area (TPSA) is 68.0 Å². The van der Waals surface area contributed by atoms with E-state index in [2.05, 4.69) is 16.9 Å². The summed E-state index contributed by atoms with van der Waals surface area (Å²) in [4.78, 5) is 19.3. The highest BCUT2D eigenvalue weighted by Gasteiger charge is 2.14. The lowest BCUT2D eigenvalue weighted by Gasteiger charge is -2.11. The normalized spacial score (nSPS) is 12.5. The maximum absolute atomic E-state index is 10.6. The first kappa shape index (κ1) is 14.1. The van der Waals surface area contributed by atoms with Crippen LogP contribution < -0.4 is 0 Å². The molecule has 1 unspecified atom stereocenters. The third-order valence-electron chi connectivity index (χ3n) is 2.53. The number of thiazole rings is 1. The van der Waals surface area contributed by atoms with Crippen molar-refractivity contribution in [2.75, 3.05) is 5.75 Å². The van der Waals surface area contributed by atoms with Crippen molar-refractivity contribution in [3.63, 3.8) is 0 Å². The number of nitrogens with zero attached hydrogens (tertiary/aromatic N) is 3. The predicted octanol–water partition coefficient (Wildman–Crippen LogP) is 2.63. The number of aliphatic carboxylic acids is 1. The SMILES string of the molecule is Cc1cn(CC(C)c2nccs2)c(SCC(=O)O)n1. The second-order valence-electron chi connectivity index (χ2n) is 4.27. The van der Waals surface area contributed by atoms with E-state index in [-0.39, 0.29) is 11.7 Å². The van der Waals surface area contributed by atoms with Crippen LogP contribution in [-0.4, -0.2) is 31.4 Å². The van der Waals surface area contributed by atoms with Crippen molar-refractivity contribution in [3.05, 3.63) is 28.5 Å².